The van der Waals surface area contributed by atoms with Gasteiger partial charge in [0.2, 0.25) is 5.95 Å². The summed E-state index contributed by atoms with van der Waals surface area (Å²) in [7, 11) is 0. The van der Waals surface area contributed by atoms with Crippen LogP contribution in [-0.4, -0.2) is 20.6 Å². The number of hydrogen-bond acceptors (Lipinski definition) is 3. The van der Waals surface area contributed by atoms with Crippen molar-refractivity contribution in [3.05, 3.63) is 23.2 Å². The summed E-state index contributed by atoms with van der Waals surface area (Å²) in [6, 6.07) is 5.71. The molecule has 0 amide bonds. The van der Waals surface area contributed by atoms with Crippen molar-refractivity contribution in [1.29, 1.82) is 0 Å². The van der Waals surface area contributed by atoms with Crippen molar-refractivity contribution >= 4 is 40.3 Å². The lowest BCUT2D eigenvalue weighted by Gasteiger charge is -2.30. The largest absolute Gasteiger partial charge is 0.369 e. The Hall–Kier alpha value is -0.870. The number of nitrogens with zero attached hydrogens (tertiary/aromatic N) is 2. The molecule has 0 radical (unpaired) electrons. The van der Waals surface area contributed by atoms with Gasteiger partial charge >= 0.3 is 0 Å². The van der Waals surface area contributed by atoms with Crippen molar-refractivity contribution in [3.8, 4) is 0 Å². The van der Waals surface area contributed by atoms with E-state index < -0.39 is 0 Å². The predicted molar refractivity (Wildman–Crippen MR) is 86.0 cm³/mol. The van der Waals surface area contributed by atoms with Crippen molar-refractivity contribution in [1.82, 2.24) is 9.55 Å². The molecule has 0 saturated carbocycles. The molecular weight excluding hydrogens is 278 g/mol. The number of thioether (sulfide) groups is 1. The molecule has 3 nitrogen and oxygen atoms in total. The standard InChI is InChI=1S/C14H20ClN3S/c1-4-14(5-2,19-3)9-18-12-8-10(15)6-7-11(12)17-13(18)16/h6-8H,4-5,9H2,1-3H3,(H2,16,17). The average molecular weight is 298 g/mol. The van der Waals surface area contributed by atoms with E-state index in [1.54, 1.807) is 0 Å². The van der Waals surface area contributed by atoms with Gasteiger partial charge in [0.15, 0.2) is 0 Å². The molecule has 0 aliphatic rings. The third-order valence-electron chi connectivity index (χ3n) is 3.91. The summed E-state index contributed by atoms with van der Waals surface area (Å²) in [5.74, 6) is 0.567. The lowest BCUT2D eigenvalue weighted by molar-refractivity contribution is 0.476. The van der Waals surface area contributed by atoms with Crippen LogP contribution in [0.4, 0.5) is 5.95 Å². The number of anilines is 1. The van der Waals surface area contributed by atoms with Crippen LogP contribution in [-0.2, 0) is 6.54 Å². The van der Waals surface area contributed by atoms with Crippen LogP contribution in [0.5, 0.6) is 0 Å². The number of hydrogen-bond donors (Lipinski definition) is 1. The van der Waals surface area contributed by atoms with Gasteiger partial charge in [0.25, 0.3) is 0 Å². The zero-order valence-electron chi connectivity index (χ0n) is 11.6. The Balaban J connectivity index is 2.50. The monoisotopic (exact) mass is 297 g/mol. The summed E-state index contributed by atoms with van der Waals surface area (Å²) < 4.78 is 2.29. The van der Waals surface area contributed by atoms with Crippen LogP contribution in [0.3, 0.4) is 0 Å². The molecule has 2 rings (SSSR count). The smallest absolute Gasteiger partial charge is 0.201 e. The van der Waals surface area contributed by atoms with Gasteiger partial charge in [-0.1, -0.05) is 25.4 Å². The molecule has 1 aromatic carbocycles. The van der Waals surface area contributed by atoms with Gasteiger partial charge in [-0.05, 0) is 37.3 Å². The third kappa shape index (κ3) is 2.70. The van der Waals surface area contributed by atoms with Crippen molar-refractivity contribution in [2.24, 2.45) is 0 Å². The van der Waals surface area contributed by atoms with Crippen LogP contribution >= 0.6 is 23.4 Å². The Bertz CT molecular complexity index is 567. The summed E-state index contributed by atoms with van der Waals surface area (Å²) in [5.41, 5.74) is 8.00. The number of nitrogens with two attached hydrogens (primary N) is 1. The summed E-state index contributed by atoms with van der Waals surface area (Å²) in [6.07, 6.45) is 4.37. The molecular formula is C14H20ClN3S. The molecule has 2 N–H and O–H groups in total. The van der Waals surface area contributed by atoms with Crippen LogP contribution < -0.4 is 5.73 Å². The molecule has 2 aromatic rings. The maximum absolute atomic E-state index is 6.09. The van der Waals surface area contributed by atoms with Gasteiger partial charge in [0.05, 0.1) is 11.0 Å². The van der Waals surface area contributed by atoms with E-state index >= 15 is 0 Å². The highest BCUT2D eigenvalue weighted by molar-refractivity contribution is 8.00. The summed E-state index contributed by atoms with van der Waals surface area (Å²) in [4.78, 5) is 4.41. The molecule has 0 saturated heterocycles. The van der Waals surface area contributed by atoms with Crippen molar-refractivity contribution in [2.45, 2.75) is 38.0 Å². The van der Waals surface area contributed by atoms with Crippen LogP contribution in [0.2, 0.25) is 5.02 Å². The van der Waals surface area contributed by atoms with E-state index in [1.165, 1.54) is 0 Å². The summed E-state index contributed by atoms with van der Waals surface area (Å²) in [5, 5.41) is 0.719. The highest BCUT2D eigenvalue weighted by Gasteiger charge is 2.27. The van der Waals surface area contributed by atoms with E-state index in [2.05, 4.69) is 29.7 Å². The average Bonchev–Trinajstić information content (AvgIpc) is 2.72. The fourth-order valence-electron chi connectivity index (χ4n) is 2.40. The third-order valence-corrected chi connectivity index (χ3v) is 5.72. The molecule has 1 heterocycles. The van der Waals surface area contributed by atoms with Crippen molar-refractivity contribution in [3.63, 3.8) is 0 Å². The normalized spacial score (nSPS) is 12.2. The molecule has 0 atom stereocenters. The Labute approximate surface area is 123 Å². The van der Waals surface area contributed by atoms with E-state index in [-0.39, 0.29) is 4.75 Å². The van der Waals surface area contributed by atoms with E-state index in [0.717, 1.165) is 35.4 Å². The Morgan fingerprint density at radius 2 is 2.05 bits per heavy atom. The molecule has 0 fully saturated rings. The molecule has 0 bridgehead atoms. The lowest BCUT2D eigenvalue weighted by Crippen LogP contribution is -2.29. The Morgan fingerprint density at radius 1 is 1.37 bits per heavy atom. The van der Waals surface area contributed by atoms with E-state index in [0.29, 0.717) is 5.95 Å². The first-order valence-electron chi connectivity index (χ1n) is 6.51. The minimum absolute atomic E-state index is 0.198. The number of nitrogen functional groups attached to an aromatic ring is 1. The van der Waals surface area contributed by atoms with Gasteiger partial charge in [0.1, 0.15) is 0 Å². The lowest BCUT2D eigenvalue weighted by atomic mass is 10.0. The van der Waals surface area contributed by atoms with E-state index in [9.17, 15) is 0 Å². The van der Waals surface area contributed by atoms with Crippen molar-refractivity contribution in [2.75, 3.05) is 12.0 Å². The number of halogens is 1. The SMILES string of the molecule is CCC(CC)(Cn1c(N)nc2ccc(Cl)cc21)SC. The second kappa shape index (κ2) is 5.63. The molecule has 0 spiro atoms. The number of benzene rings is 1. The van der Waals surface area contributed by atoms with Gasteiger partial charge in [-0.25, -0.2) is 4.98 Å². The maximum Gasteiger partial charge on any atom is 0.201 e. The molecule has 1 aromatic heterocycles. The number of imidazole rings is 1. The highest BCUT2D eigenvalue weighted by Crippen LogP contribution is 2.34. The summed E-state index contributed by atoms with van der Waals surface area (Å²) in [6.45, 7) is 5.31. The Morgan fingerprint density at radius 3 is 2.63 bits per heavy atom. The minimum atomic E-state index is 0.198. The van der Waals surface area contributed by atoms with Gasteiger partial charge in [-0.15, -0.1) is 0 Å². The van der Waals surface area contributed by atoms with E-state index in [1.807, 2.05) is 30.0 Å². The van der Waals surface area contributed by atoms with Crippen LogP contribution in [0.25, 0.3) is 11.0 Å². The zero-order chi connectivity index (χ0) is 14.0. The molecule has 19 heavy (non-hydrogen) atoms. The number of fused-ring (bicyclic) bond motifs is 1. The van der Waals surface area contributed by atoms with Gasteiger partial charge in [0, 0.05) is 16.3 Å². The maximum atomic E-state index is 6.09. The Kier molecular flexibility index (Phi) is 4.31. The summed E-state index contributed by atoms with van der Waals surface area (Å²) >= 11 is 7.99. The fourth-order valence-corrected chi connectivity index (χ4v) is 3.40. The second-order valence-corrected chi connectivity index (χ2v) is 6.49. The highest BCUT2D eigenvalue weighted by atomic mass is 35.5. The fraction of sp³-hybridized carbons (Fsp3) is 0.500. The molecule has 0 aliphatic carbocycles. The first kappa shape index (κ1) is 14.5. The first-order valence-corrected chi connectivity index (χ1v) is 8.12. The topological polar surface area (TPSA) is 43.8 Å². The van der Waals surface area contributed by atoms with Crippen LogP contribution in [0, 0.1) is 0 Å². The predicted octanol–water partition coefficient (Wildman–Crippen LogP) is 4.19. The van der Waals surface area contributed by atoms with Crippen molar-refractivity contribution < 1.29 is 0 Å². The first-order chi connectivity index (χ1) is 9.05. The van der Waals surface area contributed by atoms with Gasteiger partial charge < -0.3 is 10.3 Å². The molecule has 5 heteroatoms. The van der Waals surface area contributed by atoms with Gasteiger partial charge in [-0.2, -0.15) is 11.8 Å². The van der Waals surface area contributed by atoms with Crippen LogP contribution in [0.1, 0.15) is 26.7 Å². The van der Waals surface area contributed by atoms with Gasteiger partial charge in [-0.3, -0.25) is 0 Å². The minimum Gasteiger partial charge on any atom is -0.369 e. The quantitative estimate of drug-likeness (QED) is 0.900. The van der Waals surface area contributed by atoms with Crippen LogP contribution in [0.15, 0.2) is 18.2 Å². The zero-order valence-corrected chi connectivity index (χ0v) is 13.2. The number of aromatic nitrogens is 2. The molecule has 104 valence electrons. The van der Waals surface area contributed by atoms with E-state index in [4.69, 9.17) is 17.3 Å². The number of rotatable bonds is 5. The second-order valence-electron chi connectivity index (χ2n) is 4.78. The molecule has 0 unspecified atom stereocenters. The molecule has 0 aliphatic heterocycles.